The van der Waals surface area contributed by atoms with Gasteiger partial charge < -0.3 is 5.73 Å². The lowest BCUT2D eigenvalue weighted by molar-refractivity contribution is 0.265. The molecule has 0 spiro atoms. The van der Waals surface area contributed by atoms with Gasteiger partial charge in [0.25, 0.3) is 0 Å². The van der Waals surface area contributed by atoms with Gasteiger partial charge in [0, 0.05) is 19.1 Å². The van der Waals surface area contributed by atoms with Gasteiger partial charge in [-0.15, -0.1) is 0 Å². The van der Waals surface area contributed by atoms with Crippen LogP contribution in [0.5, 0.6) is 0 Å². The summed E-state index contributed by atoms with van der Waals surface area (Å²) in [4.78, 5) is 0.356. The lowest BCUT2D eigenvalue weighted by atomic mass is 10.2. The Balaban J connectivity index is 2.30. The zero-order valence-electron chi connectivity index (χ0n) is 8.55. The molecule has 1 aromatic carbocycles. The van der Waals surface area contributed by atoms with Crippen LogP contribution >= 0.6 is 0 Å². The zero-order chi connectivity index (χ0) is 11.1. The van der Waals surface area contributed by atoms with E-state index in [2.05, 4.69) is 0 Å². The summed E-state index contributed by atoms with van der Waals surface area (Å²) in [5, 5.41) is 0. The van der Waals surface area contributed by atoms with Crippen molar-refractivity contribution in [3.8, 4) is 0 Å². The largest absolute Gasteiger partial charge is 0.325 e. The molecule has 1 fully saturated rings. The molecule has 0 atom stereocenters. The molecule has 82 valence electrons. The van der Waals surface area contributed by atoms with Crippen molar-refractivity contribution >= 4 is 10.0 Å². The highest BCUT2D eigenvalue weighted by molar-refractivity contribution is 7.89. The summed E-state index contributed by atoms with van der Waals surface area (Å²) in [7, 11) is -3.30. The summed E-state index contributed by atoms with van der Waals surface area (Å²) in [6.07, 6.45) is 0. The Labute approximate surface area is 89.7 Å². The number of benzene rings is 1. The topological polar surface area (TPSA) is 63.4 Å². The Morgan fingerprint density at radius 3 is 2.60 bits per heavy atom. The molecule has 15 heavy (non-hydrogen) atoms. The molecular weight excluding hydrogens is 212 g/mol. The first kappa shape index (κ1) is 10.6. The Kier molecular flexibility index (Phi) is 2.54. The molecule has 1 aromatic rings. The summed E-state index contributed by atoms with van der Waals surface area (Å²) in [5.74, 6) is 0. The van der Waals surface area contributed by atoms with Crippen LogP contribution in [-0.4, -0.2) is 31.9 Å². The quantitative estimate of drug-likeness (QED) is 0.790. The Bertz CT molecular complexity index is 464. The van der Waals surface area contributed by atoms with Crippen LogP contribution in [0.15, 0.2) is 29.2 Å². The molecule has 0 saturated carbocycles. The number of sulfonamides is 1. The fourth-order valence-electron chi connectivity index (χ4n) is 1.59. The van der Waals surface area contributed by atoms with Crippen molar-refractivity contribution < 1.29 is 8.42 Å². The molecule has 2 rings (SSSR count). The first-order valence-electron chi connectivity index (χ1n) is 4.82. The molecule has 1 heterocycles. The van der Waals surface area contributed by atoms with E-state index in [-0.39, 0.29) is 6.04 Å². The third-order valence-electron chi connectivity index (χ3n) is 2.50. The van der Waals surface area contributed by atoms with E-state index in [0.717, 1.165) is 5.56 Å². The molecule has 1 aliphatic heterocycles. The Morgan fingerprint density at radius 2 is 2.07 bits per heavy atom. The molecule has 0 unspecified atom stereocenters. The fraction of sp³-hybridized carbons (Fsp3) is 0.400. The molecule has 5 heteroatoms. The van der Waals surface area contributed by atoms with Gasteiger partial charge >= 0.3 is 0 Å². The minimum Gasteiger partial charge on any atom is -0.325 e. The van der Waals surface area contributed by atoms with Crippen molar-refractivity contribution in [3.63, 3.8) is 0 Å². The van der Waals surface area contributed by atoms with E-state index in [1.54, 1.807) is 18.2 Å². The maximum absolute atomic E-state index is 12.0. The van der Waals surface area contributed by atoms with Crippen molar-refractivity contribution in [1.82, 2.24) is 4.31 Å². The Hall–Kier alpha value is -0.910. The van der Waals surface area contributed by atoms with Crippen LogP contribution in [0.2, 0.25) is 0 Å². The second-order valence-electron chi connectivity index (χ2n) is 3.90. The molecular formula is C10H14N2O2S. The molecule has 0 radical (unpaired) electrons. The molecule has 0 aromatic heterocycles. The molecule has 0 aliphatic carbocycles. The second kappa shape index (κ2) is 3.59. The van der Waals surface area contributed by atoms with Crippen LogP contribution in [0.25, 0.3) is 0 Å². The number of nitrogens with two attached hydrogens (primary N) is 1. The summed E-state index contributed by atoms with van der Waals surface area (Å²) in [6.45, 7) is 2.73. The summed E-state index contributed by atoms with van der Waals surface area (Å²) in [5.41, 5.74) is 6.51. The van der Waals surface area contributed by atoms with E-state index < -0.39 is 10.0 Å². The monoisotopic (exact) mass is 226 g/mol. The fourth-order valence-corrected chi connectivity index (χ4v) is 3.25. The second-order valence-corrected chi connectivity index (χ2v) is 5.84. The molecule has 0 bridgehead atoms. The average molecular weight is 226 g/mol. The van der Waals surface area contributed by atoms with Gasteiger partial charge in [-0.2, -0.15) is 4.31 Å². The van der Waals surface area contributed by atoms with E-state index >= 15 is 0 Å². The van der Waals surface area contributed by atoms with Crippen molar-refractivity contribution in [1.29, 1.82) is 0 Å². The third-order valence-corrected chi connectivity index (χ3v) is 4.33. The number of aryl methyl sites for hydroxylation is 1. The third kappa shape index (κ3) is 1.90. The molecule has 2 N–H and O–H groups in total. The first-order valence-corrected chi connectivity index (χ1v) is 6.26. The molecule has 1 aliphatic rings. The van der Waals surface area contributed by atoms with E-state index in [0.29, 0.717) is 18.0 Å². The Morgan fingerprint density at radius 1 is 1.40 bits per heavy atom. The molecule has 1 saturated heterocycles. The predicted molar refractivity (Wildman–Crippen MR) is 57.9 cm³/mol. The normalized spacial score (nSPS) is 18.8. The number of hydrogen-bond donors (Lipinski definition) is 1. The maximum atomic E-state index is 12.0. The van der Waals surface area contributed by atoms with Gasteiger partial charge in [0.15, 0.2) is 0 Å². The minimum atomic E-state index is -3.30. The number of rotatable bonds is 2. The lowest BCUT2D eigenvalue weighted by Gasteiger charge is -2.35. The van der Waals surface area contributed by atoms with Crippen LogP contribution in [0.4, 0.5) is 0 Å². The van der Waals surface area contributed by atoms with Gasteiger partial charge in [-0.3, -0.25) is 0 Å². The van der Waals surface area contributed by atoms with Crippen LogP contribution in [0.1, 0.15) is 5.56 Å². The van der Waals surface area contributed by atoms with Crippen LogP contribution in [0, 0.1) is 6.92 Å². The lowest BCUT2D eigenvalue weighted by Crippen LogP contribution is -2.57. The van der Waals surface area contributed by atoms with Crippen LogP contribution in [-0.2, 0) is 10.0 Å². The highest BCUT2D eigenvalue weighted by Gasteiger charge is 2.34. The van der Waals surface area contributed by atoms with Crippen molar-refractivity contribution in [2.75, 3.05) is 13.1 Å². The smallest absolute Gasteiger partial charge is 0.243 e. The minimum absolute atomic E-state index is 0.00964. The van der Waals surface area contributed by atoms with Crippen molar-refractivity contribution in [2.45, 2.75) is 17.9 Å². The van der Waals surface area contributed by atoms with E-state index in [4.69, 9.17) is 5.73 Å². The summed E-state index contributed by atoms with van der Waals surface area (Å²) in [6, 6.07) is 6.92. The zero-order valence-corrected chi connectivity index (χ0v) is 9.37. The summed E-state index contributed by atoms with van der Waals surface area (Å²) < 4.78 is 25.4. The number of nitrogens with zero attached hydrogens (tertiary/aromatic N) is 1. The van der Waals surface area contributed by atoms with Gasteiger partial charge in [0.05, 0.1) is 4.90 Å². The highest BCUT2D eigenvalue weighted by Crippen LogP contribution is 2.21. The summed E-state index contributed by atoms with van der Waals surface area (Å²) >= 11 is 0. The predicted octanol–water partition coefficient (Wildman–Crippen LogP) is 0.327. The average Bonchev–Trinajstić information content (AvgIpc) is 2.13. The van der Waals surface area contributed by atoms with Crippen molar-refractivity contribution in [2.24, 2.45) is 5.73 Å². The van der Waals surface area contributed by atoms with E-state index in [1.165, 1.54) is 4.31 Å². The molecule has 4 nitrogen and oxygen atoms in total. The van der Waals surface area contributed by atoms with Gasteiger partial charge in [-0.25, -0.2) is 8.42 Å². The van der Waals surface area contributed by atoms with E-state index in [9.17, 15) is 8.42 Å². The van der Waals surface area contributed by atoms with Crippen LogP contribution in [0.3, 0.4) is 0 Å². The van der Waals surface area contributed by atoms with E-state index in [1.807, 2.05) is 13.0 Å². The first-order chi connectivity index (χ1) is 7.00. The van der Waals surface area contributed by atoms with Gasteiger partial charge in [-0.05, 0) is 24.6 Å². The SMILES string of the molecule is Cc1cccc(S(=O)(=O)N2CC(N)C2)c1. The van der Waals surface area contributed by atoms with Gasteiger partial charge in [-0.1, -0.05) is 12.1 Å². The van der Waals surface area contributed by atoms with Crippen LogP contribution < -0.4 is 5.73 Å². The van der Waals surface area contributed by atoms with Gasteiger partial charge in [0.2, 0.25) is 10.0 Å². The maximum Gasteiger partial charge on any atom is 0.243 e. The standard InChI is InChI=1S/C10H14N2O2S/c1-8-3-2-4-10(5-8)15(13,14)12-6-9(11)7-12/h2-5,9H,6-7,11H2,1H3. The molecule has 0 amide bonds. The van der Waals surface area contributed by atoms with Crippen molar-refractivity contribution in [3.05, 3.63) is 29.8 Å². The van der Waals surface area contributed by atoms with Gasteiger partial charge in [0.1, 0.15) is 0 Å². The number of hydrogen-bond acceptors (Lipinski definition) is 3. The highest BCUT2D eigenvalue weighted by atomic mass is 32.2.